The lowest BCUT2D eigenvalue weighted by Crippen LogP contribution is -2.42. The van der Waals surface area contributed by atoms with Crippen molar-refractivity contribution in [2.75, 3.05) is 0 Å². The zero-order chi connectivity index (χ0) is 17.9. The fourth-order valence-corrected chi connectivity index (χ4v) is 2.65. The number of amides is 1. The van der Waals surface area contributed by atoms with Crippen molar-refractivity contribution in [1.29, 1.82) is 0 Å². The zero-order valence-electron chi connectivity index (χ0n) is 14.7. The highest BCUT2D eigenvalue weighted by molar-refractivity contribution is 5.89. The van der Waals surface area contributed by atoms with Crippen LogP contribution in [0.25, 0.3) is 10.9 Å². The Kier molecular flexibility index (Phi) is 5.26. The van der Waals surface area contributed by atoms with Gasteiger partial charge in [-0.1, -0.05) is 39.0 Å². The van der Waals surface area contributed by atoms with Crippen molar-refractivity contribution in [2.24, 2.45) is 12.5 Å². The fourth-order valence-electron chi connectivity index (χ4n) is 2.65. The highest BCUT2D eigenvalue weighted by Crippen LogP contribution is 2.22. The highest BCUT2D eigenvalue weighted by Gasteiger charge is 2.23. The van der Waals surface area contributed by atoms with Crippen molar-refractivity contribution in [1.82, 2.24) is 15.1 Å². The predicted octanol–water partition coefficient (Wildman–Crippen LogP) is 2.51. The normalized spacial score (nSPS) is 13.0. The van der Waals surface area contributed by atoms with Crippen molar-refractivity contribution in [3.63, 3.8) is 0 Å². The monoisotopic (exact) mass is 331 g/mol. The third-order valence-corrected chi connectivity index (χ3v) is 3.98. The molecule has 1 amide bonds. The SMILES string of the molecule is Cn1nc(CC(=O)NC(CCC(C)(C)C)C(=O)O)c2ccccc21. The van der Waals surface area contributed by atoms with Crippen molar-refractivity contribution in [2.45, 2.75) is 46.1 Å². The first-order valence-electron chi connectivity index (χ1n) is 8.10. The fraction of sp³-hybridized carbons (Fsp3) is 0.500. The van der Waals surface area contributed by atoms with Crippen LogP contribution in [-0.4, -0.2) is 32.8 Å². The van der Waals surface area contributed by atoms with Gasteiger partial charge in [0.2, 0.25) is 5.91 Å². The number of para-hydroxylation sites is 1. The summed E-state index contributed by atoms with van der Waals surface area (Å²) in [6, 6.07) is 6.80. The summed E-state index contributed by atoms with van der Waals surface area (Å²) in [5, 5.41) is 17.2. The number of carbonyl (C=O) groups is 2. The van der Waals surface area contributed by atoms with Gasteiger partial charge in [-0.2, -0.15) is 5.10 Å². The van der Waals surface area contributed by atoms with E-state index < -0.39 is 12.0 Å². The molecule has 2 rings (SSSR count). The average molecular weight is 331 g/mol. The van der Waals surface area contributed by atoms with Crippen LogP contribution in [0.3, 0.4) is 0 Å². The number of benzene rings is 1. The number of hydrogen-bond donors (Lipinski definition) is 2. The number of nitrogens with zero attached hydrogens (tertiary/aromatic N) is 2. The lowest BCUT2D eigenvalue weighted by atomic mass is 9.88. The van der Waals surface area contributed by atoms with Gasteiger partial charge in [-0.25, -0.2) is 4.79 Å². The number of carbonyl (C=O) groups excluding carboxylic acids is 1. The molecule has 1 aromatic carbocycles. The lowest BCUT2D eigenvalue weighted by molar-refractivity contribution is -0.142. The third kappa shape index (κ3) is 4.57. The molecule has 0 aliphatic heterocycles. The topological polar surface area (TPSA) is 84.2 Å². The number of aliphatic carboxylic acids is 1. The van der Waals surface area contributed by atoms with Crippen molar-refractivity contribution >= 4 is 22.8 Å². The van der Waals surface area contributed by atoms with Crippen molar-refractivity contribution < 1.29 is 14.7 Å². The van der Waals surface area contributed by atoms with Crippen molar-refractivity contribution in [3.8, 4) is 0 Å². The number of aryl methyl sites for hydroxylation is 1. The first kappa shape index (κ1) is 18.0. The molecule has 1 aromatic heterocycles. The number of aromatic nitrogens is 2. The van der Waals surface area contributed by atoms with Gasteiger partial charge in [0.15, 0.2) is 0 Å². The molecular formula is C18H25N3O3. The summed E-state index contributed by atoms with van der Waals surface area (Å²) in [6.45, 7) is 6.15. The zero-order valence-corrected chi connectivity index (χ0v) is 14.7. The highest BCUT2D eigenvalue weighted by atomic mass is 16.4. The summed E-state index contributed by atoms with van der Waals surface area (Å²) < 4.78 is 1.73. The van der Waals surface area contributed by atoms with Crippen LogP contribution in [0.2, 0.25) is 0 Å². The van der Waals surface area contributed by atoms with Gasteiger partial charge in [0.1, 0.15) is 6.04 Å². The van der Waals surface area contributed by atoms with E-state index in [1.165, 1.54) is 0 Å². The Hall–Kier alpha value is -2.37. The van der Waals surface area contributed by atoms with Gasteiger partial charge in [0, 0.05) is 12.4 Å². The number of carboxylic acid groups (broad SMARTS) is 1. The van der Waals surface area contributed by atoms with Gasteiger partial charge >= 0.3 is 5.97 Å². The summed E-state index contributed by atoms with van der Waals surface area (Å²) in [5.41, 5.74) is 1.63. The quantitative estimate of drug-likeness (QED) is 0.852. The number of hydrogen-bond acceptors (Lipinski definition) is 3. The van der Waals surface area contributed by atoms with Crippen LogP contribution < -0.4 is 5.32 Å². The van der Waals surface area contributed by atoms with E-state index >= 15 is 0 Å². The molecule has 0 aliphatic carbocycles. The van der Waals surface area contributed by atoms with E-state index in [2.05, 4.69) is 10.4 Å². The maximum absolute atomic E-state index is 12.3. The summed E-state index contributed by atoms with van der Waals surface area (Å²) in [6.07, 6.45) is 1.20. The molecule has 0 bridgehead atoms. The van der Waals surface area contributed by atoms with Crippen LogP contribution in [0.5, 0.6) is 0 Å². The molecule has 1 atom stereocenters. The molecule has 0 saturated carbocycles. The van der Waals surface area contributed by atoms with Crippen LogP contribution in [0.4, 0.5) is 0 Å². The number of nitrogens with one attached hydrogen (secondary N) is 1. The van der Waals surface area contributed by atoms with E-state index in [1.54, 1.807) is 4.68 Å². The molecule has 0 radical (unpaired) electrons. The molecule has 0 fully saturated rings. The minimum absolute atomic E-state index is 0.0234. The van der Waals surface area contributed by atoms with Gasteiger partial charge in [0.25, 0.3) is 0 Å². The third-order valence-electron chi connectivity index (χ3n) is 3.98. The Morgan fingerprint density at radius 1 is 1.29 bits per heavy atom. The molecule has 1 heterocycles. The van der Waals surface area contributed by atoms with E-state index in [0.29, 0.717) is 12.1 Å². The van der Waals surface area contributed by atoms with Gasteiger partial charge in [-0.15, -0.1) is 0 Å². The van der Waals surface area contributed by atoms with E-state index in [9.17, 15) is 14.7 Å². The Labute approximate surface area is 141 Å². The molecule has 0 saturated heterocycles. The van der Waals surface area contributed by atoms with E-state index in [1.807, 2.05) is 52.1 Å². The van der Waals surface area contributed by atoms with Gasteiger partial charge in [-0.3, -0.25) is 9.48 Å². The second-order valence-corrected chi connectivity index (χ2v) is 7.32. The molecule has 130 valence electrons. The Morgan fingerprint density at radius 2 is 1.96 bits per heavy atom. The maximum Gasteiger partial charge on any atom is 0.326 e. The van der Waals surface area contributed by atoms with Crippen LogP contribution >= 0.6 is 0 Å². The number of carboxylic acids is 1. The molecule has 6 nitrogen and oxygen atoms in total. The smallest absolute Gasteiger partial charge is 0.326 e. The molecule has 2 aromatic rings. The van der Waals surface area contributed by atoms with Gasteiger partial charge in [-0.05, 0) is 24.3 Å². The first-order chi connectivity index (χ1) is 11.2. The molecule has 2 N–H and O–H groups in total. The van der Waals surface area contributed by atoms with E-state index in [0.717, 1.165) is 17.3 Å². The Bertz CT molecular complexity index is 744. The summed E-state index contributed by atoms with van der Waals surface area (Å²) in [7, 11) is 1.83. The maximum atomic E-state index is 12.3. The predicted molar refractivity (Wildman–Crippen MR) is 92.7 cm³/mol. The Morgan fingerprint density at radius 3 is 2.58 bits per heavy atom. The summed E-state index contributed by atoms with van der Waals surface area (Å²) >= 11 is 0. The molecule has 0 aliphatic rings. The summed E-state index contributed by atoms with van der Waals surface area (Å²) in [5.74, 6) is -1.32. The number of rotatable bonds is 6. The molecule has 1 unspecified atom stereocenters. The number of fused-ring (bicyclic) bond motifs is 1. The molecular weight excluding hydrogens is 306 g/mol. The molecule has 6 heteroatoms. The van der Waals surface area contributed by atoms with Crippen LogP contribution in [0.1, 0.15) is 39.3 Å². The van der Waals surface area contributed by atoms with Crippen molar-refractivity contribution in [3.05, 3.63) is 30.0 Å². The van der Waals surface area contributed by atoms with Crippen LogP contribution in [0.15, 0.2) is 24.3 Å². The van der Waals surface area contributed by atoms with E-state index in [-0.39, 0.29) is 17.7 Å². The Balaban J connectivity index is 2.06. The molecule has 24 heavy (non-hydrogen) atoms. The standard InChI is InChI=1S/C18H25N3O3/c1-18(2,3)10-9-13(17(23)24)19-16(22)11-14-12-7-5-6-8-15(12)21(4)20-14/h5-8,13H,9-11H2,1-4H3,(H,19,22)(H,23,24). The molecule has 0 spiro atoms. The largest absolute Gasteiger partial charge is 0.480 e. The minimum Gasteiger partial charge on any atom is -0.480 e. The second kappa shape index (κ2) is 7.03. The van der Waals surface area contributed by atoms with Gasteiger partial charge < -0.3 is 10.4 Å². The van der Waals surface area contributed by atoms with Crippen LogP contribution in [0, 0.1) is 5.41 Å². The second-order valence-electron chi connectivity index (χ2n) is 7.32. The summed E-state index contributed by atoms with van der Waals surface area (Å²) in [4.78, 5) is 23.7. The minimum atomic E-state index is -1.00. The van der Waals surface area contributed by atoms with E-state index in [4.69, 9.17) is 0 Å². The van der Waals surface area contributed by atoms with Gasteiger partial charge in [0.05, 0.1) is 17.6 Å². The van der Waals surface area contributed by atoms with Crippen LogP contribution in [-0.2, 0) is 23.1 Å². The average Bonchev–Trinajstić information content (AvgIpc) is 2.79. The lowest BCUT2D eigenvalue weighted by Gasteiger charge is -2.21. The first-order valence-corrected chi connectivity index (χ1v) is 8.10.